The van der Waals surface area contributed by atoms with Crippen molar-refractivity contribution in [2.24, 2.45) is 0 Å². The maximum Gasteiger partial charge on any atom is 0.266 e. The van der Waals surface area contributed by atoms with Gasteiger partial charge in [0.05, 0.1) is 0 Å². The predicted molar refractivity (Wildman–Crippen MR) is 94.1 cm³/mol. The standard InChI is InChI=1S/C20H20N2O/c1-13-6-8-17(16(4)9-13)11-18(12-21)20(23)22-19-10-14(2)5-7-15(19)3/h5-11H,1-4H3,(H,22,23)/b18-11+. The highest BCUT2D eigenvalue weighted by atomic mass is 16.1. The Morgan fingerprint density at radius 1 is 1.00 bits per heavy atom. The lowest BCUT2D eigenvalue weighted by Gasteiger charge is -2.09. The van der Waals surface area contributed by atoms with E-state index in [1.807, 2.05) is 70.2 Å². The second-order valence-electron chi connectivity index (χ2n) is 5.80. The summed E-state index contributed by atoms with van der Waals surface area (Å²) in [5, 5.41) is 12.1. The number of amides is 1. The zero-order valence-electron chi connectivity index (χ0n) is 13.9. The van der Waals surface area contributed by atoms with Gasteiger partial charge in [0.25, 0.3) is 5.91 Å². The highest BCUT2D eigenvalue weighted by Gasteiger charge is 2.11. The van der Waals surface area contributed by atoms with E-state index in [0.717, 1.165) is 33.5 Å². The van der Waals surface area contributed by atoms with Crippen LogP contribution in [0, 0.1) is 39.0 Å². The monoisotopic (exact) mass is 304 g/mol. The van der Waals surface area contributed by atoms with E-state index in [1.54, 1.807) is 6.08 Å². The third-order valence-corrected chi connectivity index (χ3v) is 3.73. The van der Waals surface area contributed by atoms with Gasteiger partial charge < -0.3 is 5.32 Å². The fourth-order valence-corrected chi connectivity index (χ4v) is 2.35. The molecular weight excluding hydrogens is 284 g/mol. The second kappa shape index (κ2) is 6.93. The van der Waals surface area contributed by atoms with E-state index < -0.39 is 0 Å². The minimum Gasteiger partial charge on any atom is -0.321 e. The van der Waals surface area contributed by atoms with Crippen molar-refractivity contribution in [3.63, 3.8) is 0 Å². The highest BCUT2D eigenvalue weighted by molar-refractivity contribution is 6.10. The van der Waals surface area contributed by atoms with Crippen LogP contribution in [0.1, 0.15) is 27.8 Å². The van der Waals surface area contributed by atoms with Crippen LogP contribution in [0.5, 0.6) is 0 Å². The Balaban J connectivity index is 2.30. The Bertz CT molecular complexity index is 826. The van der Waals surface area contributed by atoms with E-state index in [9.17, 15) is 10.1 Å². The fourth-order valence-electron chi connectivity index (χ4n) is 2.35. The van der Waals surface area contributed by atoms with Gasteiger partial charge in [-0.1, -0.05) is 35.9 Å². The first-order valence-corrected chi connectivity index (χ1v) is 7.48. The number of aryl methyl sites for hydroxylation is 4. The Kier molecular flexibility index (Phi) is 4.98. The summed E-state index contributed by atoms with van der Waals surface area (Å²) in [5.41, 5.74) is 5.92. The number of rotatable bonds is 3. The van der Waals surface area contributed by atoms with Gasteiger partial charge in [0.15, 0.2) is 0 Å². The molecule has 0 saturated carbocycles. The summed E-state index contributed by atoms with van der Waals surface area (Å²) in [4.78, 5) is 12.4. The Labute approximate surface area is 137 Å². The molecule has 2 aromatic carbocycles. The number of nitriles is 1. The minimum absolute atomic E-state index is 0.0952. The molecule has 0 aliphatic carbocycles. The highest BCUT2D eigenvalue weighted by Crippen LogP contribution is 2.19. The van der Waals surface area contributed by atoms with Crippen molar-refractivity contribution in [3.8, 4) is 6.07 Å². The first-order valence-electron chi connectivity index (χ1n) is 7.48. The maximum atomic E-state index is 12.4. The summed E-state index contributed by atoms with van der Waals surface area (Å²) in [6.07, 6.45) is 1.63. The van der Waals surface area contributed by atoms with Gasteiger partial charge in [-0.05, 0) is 62.1 Å². The predicted octanol–water partition coefficient (Wildman–Crippen LogP) is 4.47. The maximum absolute atomic E-state index is 12.4. The molecule has 0 atom stereocenters. The number of hydrogen-bond donors (Lipinski definition) is 1. The first-order chi connectivity index (χ1) is 10.9. The molecule has 0 bridgehead atoms. The SMILES string of the molecule is Cc1ccc(/C=C(\C#N)C(=O)Nc2cc(C)ccc2C)c(C)c1. The number of nitrogens with zero attached hydrogens (tertiary/aromatic N) is 1. The normalized spacial score (nSPS) is 11.0. The van der Waals surface area contributed by atoms with E-state index in [0.29, 0.717) is 0 Å². The van der Waals surface area contributed by atoms with Gasteiger partial charge in [0.1, 0.15) is 11.6 Å². The summed E-state index contributed by atoms with van der Waals surface area (Å²) in [6, 6.07) is 13.8. The fraction of sp³-hybridized carbons (Fsp3) is 0.200. The molecule has 116 valence electrons. The number of carbonyl (C=O) groups excluding carboxylic acids is 1. The van der Waals surface area contributed by atoms with Crippen molar-refractivity contribution in [2.75, 3.05) is 5.32 Å². The average molecular weight is 304 g/mol. The lowest BCUT2D eigenvalue weighted by Crippen LogP contribution is -2.14. The zero-order valence-corrected chi connectivity index (χ0v) is 13.9. The van der Waals surface area contributed by atoms with Crippen LogP contribution in [0.2, 0.25) is 0 Å². The zero-order chi connectivity index (χ0) is 17.0. The van der Waals surface area contributed by atoms with Crippen LogP contribution in [0.15, 0.2) is 42.0 Å². The van der Waals surface area contributed by atoms with E-state index in [2.05, 4.69) is 5.32 Å². The molecule has 2 aromatic rings. The van der Waals surface area contributed by atoms with Gasteiger partial charge in [-0.3, -0.25) is 4.79 Å². The molecule has 0 aliphatic rings. The van der Waals surface area contributed by atoms with Crippen LogP contribution in [0.4, 0.5) is 5.69 Å². The van der Waals surface area contributed by atoms with E-state index in [1.165, 1.54) is 0 Å². The summed E-state index contributed by atoms with van der Waals surface area (Å²) in [6.45, 7) is 7.87. The lowest BCUT2D eigenvalue weighted by atomic mass is 10.0. The third-order valence-electron chi connectivity index (χ3n) is 3.73. The summed E-state index contributed by atoms with van der Waals surface area (Å²) >= 11 is 0. The molecule has 2 rings (SSSR count). The molecule has 0 aromatic heterocycles. The third kappa shape index (κ3) is 4.08. The van der Waals surface area contributed by atoms with E-state index >= 15 is 0 Å². The molecule has 1 N–H and O–H groups in total. The minimum atomic E-state index is -0.388. The smallest absolute Gasteiger partial charge is 0.266 e. The molecule has 0 heterocycles. The summed E-state index contributed by atoms with van der Waals surface area (Å²) in [7, 11) is 0. The quantitative estimate of drug-likeness (QED) is 0.672. The van der Waals surface area contributed by atoms with Crippen molar-refractivity contribution in [1.29, 1.82) is 5.26 Å². The molecule has 0 radical (unpaired) electrons. The molecule has 0 unspecified atom stereocenters. The van der Waals surface area contributed by atoms with Crippen LogP contribution in [-0.4, -0.2) is 5.91 Å². The lowest BCUT2D eigenvalue weighted by molar-refractivity contribution is -0.112. The molecule has 23 heavy (non-hydrogen) atoms. The Morgan fingerprint density at radius 3 is 2.30 bits per heavy atom. The number of benzene rings is 2. The summed E-state index contributed by atoms with van der Waals surface area (Å²) in [5.74, 6) is -0.388. The van der Waals surface area contributed by atoms with Crippen molar-refractivity contribution in [1.82, 2.24) is 0 Å². The van der Waals surface area contributed by atoms with Crippen molar-refractivity contribution >= 4 is 17.7 Å². The van der Waals surface area contributed by atoms with Crippen LogP contribution < -0.4 is 5.32 Å². The first kappa shape index (κ1) is 16.5. The van der Waals surface area contributed by atoms with Gasteiger partial charge in [0.2, 0.25) is 0 Å². The molecule has 0 spiro atoms. The van der Waals surface area contributed by atoms with Crippen LogP contribution in [0.3, 0.4) is 0 Å². The average Bonchev–Trinajstić information content (AvgIpc) is 2.50. The number of anilines is 1. The Morgan fingerprint density at radius 2 is 1.65 bits per heavy atom. The molecular formula is C20H20N2O. The van der Waals surface area contributed by atoms with Crippen LogP contribution in [-0.2, 0) is 4.79 Å². The van der Waals surface area contributed by atoms with Crippen molar-refractivity contribution in [3.05, 3.63) is 69.8 Å². The van der Waals surface area contributed by atoms with Gasteiger partial charge >= 0.3 is 0 Å². The van der Waals surface area contributed by atoms with Crippen molar-refractivity contribution in [2.45, 2.75) is 27.7 Å². The topological polar surface area (TPSA) is 52.9 Å². The number of nitrogens with one attached hydrogen (secondary N) is 1. The van der Waals surface area contributed by atoms with Gasteiger partial charge in [-0.25, -0.2) is 0 Å². The molecule has 0 saturated heterocycles. The van der Waals surface area contributed by atoms with Crippen LogP contribution in [0.25, 0.3) is 6.08 Å². The molecule has 0 fully saturated rings. The van der Waals surface area contributed by atoms with Gasteiger partial charge in [-0.2, -0.15) is 5.26 Å². The second-order valence-corrected chi connectivity index (χ2v) is 5.80. The van der Waals surface area contributed by atoms with Crippen molar-refractivity contribution < 1.29 is 4.79 Å². The van der Waals surface area contributed by atoms with E-state index in [-0.39, 0.29) is 11.5 Å². The van der Waals surface area contributed by atoms with Crippen LogP contribution >= 0.6 is 0 Å². The molecule has 0 aliphatic heterocycles. The van der Waals surface area contributed by atoms with Gasteiger partial charge in [0, 0.05) is 5.69 Å². The Hall–Kier alpha value is -2.86. The number of hydrogen-bond acceptors (Lipinski definition) is 2. The number of carbonyl (C=O) groups is 1. The largest absolute Gasteiger partial charge is 0.321 e. The molecule has 3 heteroatoms. The summed E-state index contributed by atoms with van der Waals surface area (Å²) < 4.78 is 0. The van der Waals surface area contributed by atoms with E-state index in [4.69, 9.17) is 0 Å². The van der Waals surface area contributed by atoms with Gasteiger partial charge in [-0.15, -0.1) is 0 Å². The molecule has 3 nitrogen and oxygen atoms in total. The molecule has 1 amide bonds.